The maximum absolute atomic E-state index is 12.4. The normalized spacial score (nSPS) is 11.8. The van der Waals surface area contributed by atoms with E-state index >= 15 is 0 Å². The summed E-state index contributed by atoms with van der Waals surface area (Å²) in [7, 11) is 0. The first-order chi connectivity index (χ1) is 10.5. The van der Waals surface area contributed by atoms with E-state index in [-0.39, 0.29) is 11.8 Å². The Morgan fingerprint density at radius 2 is 2.00 bits per heavy atom. The van der Waals surface area contributed by atoms with Crippen molar-refractivity contribution in [2.75, 3.05) is 26.2 Å². The number of carbonyl (C=O) groups excluding carboxylic acids is 1. The predicted molar refractivity (Wildman–Crippen MR) is 89.8 cm³/mol. The number of aromatic nitrogens is 3. The maximum Gasteiger partial charge on any atom is 0.263 e. The summed E-state index contributed by atoms with van der Waals surface area (Å²) in [5.41, 5.74) is 0.925. The molecule has 7 heteroatoms. The number of fused-ring (bicyclic) bond motifs is 1. The van der Waals surface area contributed by atoms with Gasteiger partial charge in [0.2, 0.25) is 4.96 Å². The van der Waals surface area contributed by atoms with Crippen molar-refractivity contribution in [1.82, 2.24) is 24.8 Å². The minimum atomic E-state index is -0.0186. The van der Waals surface area contributed by atoms with E-state index in [1.54, 1.807) is 0 Å². The first-order valence-corrected chi connectivity index (χ1v) is 8.66. The van der Waals surface area contributed by atoms with Gasteiger partial charge < -0.3 is 10.2 Å². The molecule has 0 aliphatic carbocycles. The van der Waals surface area contributed by atoms with Gasteiger partial charge >= 0.3 is 0 Å². The highest BCUT2D eigenvalue weighted by Crippen LogP contribution is 2.25. The lowest BCUT2D eigenvalue weighted by Crippen LogP contribution is -2.34. The van der Waals surface area contributed by atoms with E-state index in [0.29, 0.717) is 6.54 Å². The van der Waals surface area contributed by atoms with Crippen LogP contribution in [0.15, 0.2) is 0 Å². The van der Waals surface area contributed by atoms with Gasteiger partial charge in [0.05, 0.1) is 0 Å². The highest BCUT2D eigenvalue weighted by atomic mass is 32.1. The molecular weight excluding hydrogens is 298 g/mol. The van der Waals surface area contributed by atoms with Crippen LogP contribution in [-0.4, -0.2) is 51.6 Å². The second kappa shape index (κ2) is 7.19. The molecule has 2 heterocycles. The first-order valence-electron chi connectivity index (χ1n) is 7.84. The average Bonchev–Trinajstić information content (AvgIpc) is 3.04. The van der Waals surface area contributed by atoms with E-state index in [2.05, 4.69) is 48.1 Å². The third-order valence-corrected chi connectivity index (χ3v) is 4.98. The minimum Gasteiger partial charge on any atom is -0.350 e. The monoisotopic (exact) mass is 323 g/mol. The predicted octanol–water partition coefficient (Wildman–Crippen LogP) is 2.29. The van der Waals surface area contributed by atoms with Crippen molar-refractivity contribution >= 4 is 22.2 Å². The molecule has 0 saturated carbocycles. The van der Waals surface area contributed by atoms with Crippen molar-refractivity contribution in [3.8, 4) is 0 Å². The zero-order valence-electron chi connectivity index (χ0n) is 14.0. The molecular formula is C15H25N5OS. The number of amides is 1. The van der Waals surface area contributed by atoms with Crippen molar-refractivity contribution in [3.05, 3.63) is 16.4 Å². The summed E-state index contributed by atoms with van der Waals surface area (Å²) >= 11 is 1.40. The van der Waals surface area contributed by atoms with Gasteiger partial charge in [-0.05, 0) is 20.0 Å². The Morgan fingerprint density at radius 3 is 2.59 bits per heavy atom. The molecule has 0 radical (unpaired) electrons. The molecule has 22 heavy (non-hydrogen) atoms. The van der Waals surface area contributed by atoms with Gasteiger partial charge in [-0.2, -0.15) is 0 Å². The number of carbonyl (C=O) groups is 1. The molecule has 0 saturated heterocycles. The fourth-order valence-electron chi connectivity index (χ4n) is 2.46. The Bertz CT molecular complexity index is 642. The smallest absolute Gasteiger partial charge is 0.263 e. The van der Waals surface area contributed by atoms with E-state index in [0.717, 1.165) is 41.0 Å². The van der Waals surface area contributed by atoms with Crippen molar-refractivity contribution in [2.45, 2.75) is 40.5 Å². The minimum absolute atomic E-state index is 0.0186. The van der Waals surface area contributed by atoms with E-state index in [4.69, 9.17) is 0 Å². The van der Waals surface area contributed by atoms with Crippen LogP contribution in [0.5, 0.6) is 0 Å². The molecule has 0 aliphatic rings. The lowest BCUT2D eigenvalue weighted by atomic mass is 10.2. The van der Waals surface area contributed by atoms with Gasteiger partial charge in [0, 0.05) is 24.7 Å². The van der Waals surface area contributed by atoms with Crippen LogP contribution in [0.3, 0.4) is 0 Å². The molecule has 0 aliphatic heterocycles. The summed E-state index contributed by atoms with van der Waals surface area (Å²) in [5, 5.41) is 11.4. The SMILES string of the molecule is CCN(CC)CCNC(=O)c1sc2nnc(C(C)C)n2c1C. The van der Waals surface area contributed by atoms with Gasteiger partial charge in [0.15, 0.2) is 0 Å². The fourth-order valence-corrected chi connectivity index (χ4v) is 3.45. The molecule has 0 unspecified atom stereocenters. The van der Waals surface area contributed by atoms with Crippen LogP contribution in [0, 0.1) is 6.92 Å². The highest BCUT2D eigenvalue weighted by molar-refractivity contribution is 7.19. The number of likely N-dealkylation sites (N-methyl/N-ethyl adjacent to an activating group) is 1. The Hall–Kier alpha value is -1.47. The van der Waals surface area contributed by atoms with Gasteiger partial charge in [-0.3, -0.25) is 9.20 Å². The largest absolute Gasteiger partial charge is 0.350 e. The zero-order valence-corrected chi connectivity index (χ0v) is 14.8. The third kappa shape index (κ3) is 3.30. The summed E-state index contributed by atoms with van der Waals surface area (Å²) < 4.78 is 1.99. The van der Waals surface area contributed by atoms with Crippen LogP contribution in [0.4, 0.5) is 0 Å². The molecule has 0 fully saturated rings. The molecule has 2 aromatic rings. The molecule has 0 atom stereocenters. The zero-order chi connectivity index (χ0) is 16.3. The van der Waals surface area contributed by atoms with Gasteiger partial charge in [0.1, 0.15) is 10.7 Å². The molecule has 0 spiro atoms. The number of rotatable bonds is 7. The number of aryl methyl sites for hydroxylation is 1. The Labute approximate surface area is 135 Å². The van der Waals surface area contributed by atoms with Crippen molar-refractivity contribution in [3.63, 3.8) is 0 Å². The van der Waals surface area contributed by atoms with Crippen LogP contribution in [0.2, 0.25) is 0 Å². The standard InChI is InChI=1S/C15H25N5OS/c1-6-19(7-2)9-8-16-14(21)12-11(5)20-13(10(3)4)17-18-15(20)22-12/h10H,6-9H2,1-5H3,(H,16,21). The summed E-state index contributed by atoms with van der Waals surface area (Å²) in [6, 6.07) is 0. The maximum atomic E-state index is 12.4. The number of nitrogens with one attached hydrogen (secondary N) is 1. The Morgan fingerprint density at radius 1 is 1.32 bits per heavy atom. The van der Waals surface area contributed by atoms with Crippen molar-refractivity contribution in [1.29, 1.82) is 0 Å². The fraction of sp³-hybridized carbons (Fsp3) is 0.667. The lowest BCUT2D eigenvalue weighted by molar-refractivity contribution is 0.0952. The van der Waals surface area contributed by atoms with Gasteiger partial charge in [0.25, 0.3) is 5.91 Å². The molecule has 1 N–H and O–H groups in total. The number of hydrogen-bond donors (Lipinski definition) is 1. The van der Waals surface area contributed by atoms with Crippen LogP contribution >= 0.6 is 11.3 Å². The summed E-state index contributed by atoms with van der Waals surface area (Å²) in [5.74, 6) is 1.17. The summed E-state index contributed by atoms with van der Waals surface area (Å²) in [4.78, 5) is 16.2. The second-order valence-electron chi connectivity index (χ2n) is 5.63. The van der Waals surface area contributed by atoms with Crippen molar-refractivity contribution < 1.29 is 4.79 Å². The molecule has 0 aromatic carbocycles. The van der Waals surface area contributed by atoms with Crippen LogP contribution in [-0.2, 0) is 0 Å². The molecule has 1 amide bonds. The second-order valence-corrected chi connectivity index (χ2v) is 6.61. The topological polar surface area (TPSA) is 62.5 Å². The van der Waals surface area contributed by atoms with E-state index < -0.39 is 0 Å². The molecule has 0 bridgehead atoms. The summed E-state index contributed by atoms with van der Waals surface area (Å²) in [6.07, 6.45) is 0. The third-order valence-electron chi connectivity index (χ3n) is 3.85. The number of thiazole rings is 1. The summed E-state index contributed by atoms with van der Waals surface area (Å²) in [6.45, 7) is 13.9. The van der Waals surface area contributed by atoms with Gasteiger partial charge in [-0.1, -0.05) is 39.0 Å². The molecule has 122 valence electrons. The number of nitrogens with zero attached hydrogens (tertiary/aromatic N) is 4. The molecule has 2 aromatic heterocycles. The Kier molecular flexibility index (Phi) is 5.52. The van der Waals surface area contributed by atoms with E-state index in [1.165, 1.54) is 11.3 Å². The van der Waals surface area contributed by atoms with Gasteiger partial charge in [-0.25, -0.2) is 0 Å². The van der Waals surface area contributed by atoms with Crippen LogP contribution < -0.4 is 5.32 Å². The van der Waals surface area contributed by atoms with Crippen molar-refractivity contribution in [2.24, 2.45) is 0 Å². The average molecular weight is 323 g/mol. The van der Waals surface area contributed by atoms with E-state index in [9.17, 15) is 4.79 Å². The Balaban J connectivity index is 2.10. The van der Waals surface area contributed by atoms with Gasteiger partial charge in [-0.15, -0.1) is 10.2 Å². The lowest BCUT2D eigenvalue weighted by Gasteiger charge is -2.17. The van der Waals surface area contributed by atoms with Crippen LogP contribution in [0.25, 0.3) is 4.96 Å². The quantitative estimate of drug-likeness (QED) is 0.849. The number of hydrogen-bond acceptors (Lipinski definition) is 5. The van der Waals surface area contributed by atoms with E-state index in [1.807, 2.05) is 11.3 Å². The first kappa shape index (κ1) is 16.9. The molecule has 6 nitrogen and oxygen atoms in total. The van der Waals surface area contributed by atoms with Crippen LogP contribution in [0.1, 0.15) is 54.8 Å². The molecule has 2 rings (SSSR count). The highest BCUT2D eigenvalue weighted by Gasteiger charge is 2.20.